The lowest BCUT2D eigenvalue weighted by Crippen LogP contribution is -2.37. The van der Waals surface area contributed by atoms with Crippen LogP contribution in [0, 0.1) is 0 Å². The summed E-state index contributed by atoms with van der Waals surface area (Å²) < 4.78 is 1.72. The van der Waals surface area contributed by atoms with Crippen molar-refractivity contribution in [1.29, 1.82) is 0 Å². The lowest BCUT2D eigenvalue weighted by molar-refractivity contribution is 0.0274. The summed E-state index contributed by atoms with van der Waals surface area (Å²) in [5.74, 6) is 0. The van der Waals surface area contributed by atoms with Crippen LogP contribution in [0.5, 0.6) is 0 Å². The molecule has 116 valence electrons. The van der Waals surface area contributed by atoms with Crippen LogP contribution in [0.3, 0.4) is 0 Å². The minimum Gasteiger partial charge on any atom is -0.387 e. The summed E-state index contributed by atoms with van der Waals surface area (Å²) in [5.41, 5.74) is 3.72. The average Bonchev–Trinajstić information content (AvgIpc) is 3.21. The molecule has 0 saturated carbocycles. The highest BCUT2D eigenvalue weighted by Crippen LogP contribution is 2.27. The molecule has 4 rings (SSSR count). The average molecular weight is 298 g/mol. The van der Waals surface area contributed by atoms with Crippen LogP contribution in [0.2, 0.25) is 0 Å². The summed E-state index contributed by atoms with van der Waals surface area (Å²) in [4.78, 5) is 2.34. The molecule has 1 fully saturated rings. The Morgan fingerprint density at radius 3 is 3.00 bits per heavy atom. The summed E-state index contributed by atoms with van der Waals surface area (Å²) in [6, 6.07) is 6.89. The van der Waals surface area contributed by atoms with Crippen molar-refractivity contribution in [3.8, 4) is 0 Å². The zero-order chi connectivity index (χ0) is 15.0. The number of rotatable bonds is 4. The molecule has 2 aromatic rings. The smallest absolute Gasteiger partial charge is 0.0981 e. The van der Waals surface area contributed by atoms with Crippen molar-refractivity contribution in [2.75, 3.05) is 13.1 Å². The van der Waals surface area contributed by atoms with Gasteiger partial charge in [0.1, 0.15) is 0 Å². The van der Waals surface area contributed by atoms with Crippen LogP contribution in [0.4, 0.5) is 0 Å². The number of nitrogens with zero attached hydrogens (tertiary/aromatic N) is 4. The molecule has 1 aliphatic carbocycles. The predicted octanol–water partition coefficient (Wildman–Crippen LogP) is 1.40. The Labute approximate surface area is 130 Å². The van der Waals surface area contributed by atoms with Gasteiger partial charge in [-0.2, -0.15) is 0 Å². The maximum absolute atomic E-state index is 10.7. The number of aliphatic hydroxyl groups is 1. The van der Waals surface area contributed by atoms with Gasteiger partial charge in [-0.3, -0.25) is 4.90 Å². The second kappa shape index (κ2) is 5.48. The second-order valence-corrected chi connectivity index (χ2v) is 6.74. The SMILES string of the molecule is OC1(Cn2ccnn2)CCN(Cc2ccc3c(c2)CCC3)C1. The van der Waals surface area contributed by atoms with Gasteiger partial charge >= 0.3 is 0 Å². The Balaban J connectivity index is 1.40. The van der Waals surface area contributed by atoms with Gasteiger partial charge in [0.05, 0.1) is 18.3 Å². The highest BCUT2D eigenvalue weighted by atomic mass is 16.3. The summed E-state index contributed by atoms with van der Waals surface area (Å²) in [6.07, 6.45) is 8.00. The van der Waals surface area contributed by atoms with Crippen molar-refractivity contribution >= 4 is 0 Å². The maximum atomic E-state index is 10.7. The molecule has 1 N–H and O–H groups in total. The Morgan fingerprint density at radius 2 is 2.14 bits per heavy atom. The van der Waals surface area contributed by atoms with Crippen LogP contribution in [0.1, 0.15) is 29.5 Å². The molecule has 2 heterocycles. The van der Waals surface area contributed by atoms with Crippen LogP contribution in [0.25, 0.3) is 0 Å². The number of benzene rings is 1. The Kier molecular flexibility index (Phi) is 3.47. The van der Waals surface area contributed by atoms with E-state index in [1.165, 1.54) is 36.0 Å². The number of likely N-dealkylation sites (tertiary alicyclic amines) is 1. The van der Waals surface area contributed by atoms with Crippen LogP contribution in [-0.4, -0.2) is 43.7 Å². The highest BCUT2D eigenvalue weighted by molar-refractivity contribution is 5.35. The minimum atomic E-state index is -0.690. The quantitative estimate of drug-likeness (QED) is 0.927. The van der Waals surface area contributed by atoms with Gasteiger partial charge in [-0.05, 0) is 42.4 Å². The van der Waals surface area contributed by atoms with Crippen molar-refractivity contribution < 1.29 is 5.11 Å². The molecular weight excluding hydrogens is 276 g/mol. The molecule has 1 saturated heterocycles. The molecule has 22 heavy (non-hydrogen) atoms. The third-order valence-electron chi connectivity index (χ3n) is 4.91. The largest absolute Gasteiger partial charge is 0.387 e. The van der Waals surface area contributed by atoms with Crippen molar-refractivity contribution in [2.45, 2.75) is 44.4 Å². The first kappa shape index (κ1) is 13.9. The third-order valence-corrected chi connectivity index (χ3v) is 4.91. The Morgan fingerprint density at radius 1 is 1.23 bits per heavy atom. The third kappa shape index (κ3) is 2.78. The first-order chi connectivity index (χ1) is 10.7. The van der Waals surface area contributed by atoms with E-state index >= 15 is 0 Å². The minimum absolute atomic E-state index is 0.522. The molecule has 0 amide bonds. The zero-order valence-electron chi connectivity index (χ0n) is 12.8. The molecule has 0 radical (unpaired) electrons. The van der Waals surface area contributed by atoms with Crippen molar-refractivity contribution in [3.05, 3.63) is 47.3 Å². The van der Waals surface area contributed by atoms with Crippen LogP contribution in [-0.2, 0) is 25.9 Å². The van der Waals surface area contributed by atoms with Crippen molar-refractivity contribution in [2.24, 2.45) is 0 Å². The summed E-state index contributed by atoms with van der Waals surface area (Å²) in [7, 11) is 0. The maximum Gasteiger partial charge on any atom is 0.0981 e. The van der Waals surface area contributed by atoms with E-state index in [0.29, 0.717) is 13.1 Å². The molecule has 1 unspecified atom stereocenters. The van der Waals surface area contributed by atoms with Gasteiger partial charge < -0.3 is 5.11 Å². The molecule has 1 aromatic heterocycles. The second-order valence-electron chi connectivity index (χ2n) is 6.74. The van der Waals surface area contributed by atoms with E-state index in [1.54, 1.807) is 17.1 Å². The van der Waals surface area contributed by atoms with E-state index in [1.807, 2.05) is 0 Å². The van der Waals surface area contributed by atoms with Crippen LogP contribution in [0.15, 0.2) is 30.6 Å². The zero-order valence-corrected chi connectivity index (χ0v) is 12.8. The number of hydrogen-bond acceptors (Lipinski definition) is 4. The molecule has 0 bridgehead atoms. The van der Waals surface area contributed by atoms with Crippen molar-refractivity contribution in [3.63, 3.8) is 0 Å². The fourth-order valence-corrected chi connectivity index (χ4v) is 3.80. The molecule has 1 aromatic carbocycles. The van der Waals surface area contributed by atoms with Gasteiger partial charge in [0.2, 0.25) is 0 Å². The molecule has 1 aliphatic heterocycles. The van der Waals surface area contributed by atoms with Gasteiger partial charge in [0, 0.05) is 25.8 Å². The predicted molar refractivity (Wildman–Crippen MR) is 83.3 cm³/mol. The van der Waals surface area contributed by atoms with Gasteiger partial charge in [-0.15, -0.1) is 5.10 Å². The van der Waals surface area contributed by atoms with E-state index in [-0.39, 0.29) is 0 Å². The number of aromatic nitrogens is 3. The topological polar surface area (TPSA) is 54.2 Å². The van der Waals surface area contributed by atoms with Crippen LogP contribution >= 0.6 is 0 Å². The first-order valence-electron chi connectivity index (χ1n) is 8.10. The molecular formula is C17H22N4O. The summed E-state index contributed by atoms with van der Waals surface area (Å²) in [6.45, 7) is 3.08. The van der Waals surface area contributed by atoms with Gasteiger partial charge in [0.15, 0.2) is 0 Å². The van der Waals surface area contributed by atoms with E-state index in [4.69, 9.17) is 0 Å². The van der Waals surface area contributed by atoms with Crippen LogP contribution < -0.4 is 0 Å². The molecule has 0 spiro atoms. The van der Waals surface area contributed by atoms with Crippen molar-refractivity contribution in [1.82, 2.24) is 19.9 Å². The Bertz CT molecular complexity index is 655. The first-order valence-corrected chi connectivity index (χ1v) is 8.10. The molecule has 2 aliphatic rings. The summed E-state index contributed by atoms with van der Waals surface area (Å²) in [5, 5.41) is 18.5. The number of aryl methyl sites for hydroxylation is 2. The van der Waals surface area contributed by atoms with Gasteiger partial charge in [-0.25, -0.2) is 4.68 Å². The fraction of sp³-hybridized carbons (Fsp3) is 0.529. The monoisotopic (exact) mass is 298 g/mol. The number of β-amino-alcohol motifs (C(OH)–C–C–N with tert-alkyl or cyclic N) is 1. The number of fused-ring (bicyclic) bond motifs is 1. The van der Waals surface area contributed by atoms with Gasteiger partial charge in [-0.1, -0.05) is 23.4 Å². The van der Waals surface area contributed by atoms with E-state index in [2.05, 4.69) is 33.4 Å². The fourth-order valence-electron chi connectivity index (χ4n) is 3.80. The standard InChI is InChI=1S/C17H22N4O/c22-17(13-21-9-7-18-19-21)6-8-20(12-17)11-14-4-5-15-2-1-3-16(15)10-14/h4-5,7,9-10,22H,1-3,6,8,11-13H2. The normalized spacial score (nSPS) is 24.8. The lowest BCUT2D eigenvalue weighted by atomic mass is 10.0. The highest BCUT2D eigenvalue weighted by Gasteiger charge is 2.36. The van der Waals surface area contributed by atoms with E-state index in [0.717, 1.165) is 19.5 Å². The number of hydrogen-bond donors (Lipinski definition) is 1. The lowest BCUT2D eigenvalue weighted by Gasteiger charge is -2.23. The Hall–Kier alpha value is -1.72. The molecule has 5 heteroatoms. The van der Waals surface area contributed by atoms with E-state index < -0.39 is 5.60 Å². The van der Waals surface area contributed by atoms with Gasteiger partial charge in [0.25, 0.3) is 0 Å². The summed E-state index contributed by atoms with van der Waals surface area (Å²) >= 11 is 0. The molecule has 1 atom stereocenters. The molecule has 5 nitrogen and oxygen atoms in total. The van der Waals surface area contributed by atoms with E-state index in [9.17, 15) is 5.11 Å².